The summed E-state index contributed by atoms with van der Waals surface area (Å²) in [7, 11) is 1.56. The molecule has 0 unspecified atom stereocenters. The highest BCUT2D eigenvalue weighted by Gasteiger charge is 2.30. The fourth-order valence-electron chi connectivity index (χ4n) is 3.12. The molecule has 0 saturated heterocycles. The average Bonchev–Trinajstić information content (AvgIpc) is 2.85. The van der Waals surface area contributed by atoms with Gasteiger partial charge in [0, 0.05) is 25.0 Å². The van der Waals surface area contributed by atoms with Crippen LogP contribution < -0.4 is 14.2 Å². The molecule has 10 heteroatoms. The summed E-state index contributed by atoms with van der Waals surface area (Å²) in [6.07, 6.45) is -1.54. The molecule has 188 valence electrons. The van der Waals surface area contributed by atoms with E-state index in [0.29, 0.717) is 25.5 Å². The zero-order valence-corrected chi connectivity index (χ0v) is 19.9. The van der Waals surface area contributed by atoms with E-state index < -0.39 is 17.7 Å². The lowest BCUT2D eigenvalue weighted by Gasteiger charge is -2.17. The molecule has 2 aromatic carbocycles. The summed E-state index contributed by atoms with van der Waals surface area (Å²) in [5.41, 5.74) is 0.552. The number of aryl methyl sites for hydroxylation is 1. The number of rotatable bonds is 8. The van der Waals surface area contributed by atoms with Gasteiger partial charge in [0.25, 0.3) is 0 Å². The largest absolute Gasteiger partial charge is 0.493 e. The van der Waals surface area contributed by atoms with Crippen molar-refractivity contribution >= 4 is 17.8 Å². The number of aromatic nitrogens is 1. The van der Waals surface area contributed by atoms with Gasteiger partial charge in [0.1, 0.15) is 17.3 Å². The fraction of sp³-hybridized carbons (Fsp3) is 0.320. The predicted molar refractivity (Wildman–Crippen MR) is 127 cm³/mol. The van der Waals surface area contributed by atoms with Crippen LogP contribution in [0.2, 0.25) is 0 Å². The second-order valence-electron chi connectivity index (χ2n) is 7.49. The molecule has 0 atom stereocenters. The van der Waals surface area contributed by atoms with Gasteiger partial charge < -0.3 is 18.9 Å². The van der Waals surface area contributed by atoms with Crippen LogP contribution in [-0.4, -0.2) is 31.9 Å². The number of methoxy groups -OCH3 is 1. The van der Waals surface area contributed by atoms with Gasteiger partial charge in [0.15, 0.2) is 0 Å². The molecule has 1 N–H and O–H groups in total. The smallest absolute Gasteiger partial charge is 0.416 e. The lowest BCUT2D eigenvalue weighted by molar-refractivity contribution is -0.137. The van der Waals surface area contributed by atoms with Gasteiger partial charge in [-0.25, -0.2) is 4.98 Å². The molecule has 4 rings (SSSR count). The molecule has 0 radical (unpaired) electrons. The number of anilines is 1. The topological polar surface area (TPSA) is 52.6 Å². The highest BCUT2D eigenvalue weighted by atomic mass is 32.2. The summed E-state index contributed by atoms with van der Waals surface area (Å²) in [6.45, 7) is 1.65. The van der Waals surface area contributed by atoms with E-state index >= 15 is 0 Å². The molecule has 1 aliphatic rings. The third-order valence-electron chi connectivity index (χ3n) is 4.80. The van der Waals surface area contributed by atoms with Gasteiger partial charge in [-0.05, 0) is 72.8 Å². The summed E-state index contributed by atoms with van der Waals surface area (Å²) >= 11 is 1.40. The SMILES string of the molecule is COCCCOc1cccc(C(F)(F)F)c1.Fc1cccc(NSc2ccc3c(c2)OCCC3)n1. The lowest BCUT2D eigenvalue weighted by Crippen LogP contribution is -2.08. The number of fused-ring (bicyclic) bond motifs is 1. The number of ether oxygens (including phenoxy) is 3. The summed E-state index contributed by atoms with van der Waals surface area (Å²) in [5, 5.41) is 0. The van der Waals surface area contributed by atoms with Crippen LogP contribution in [0.5, 0.6) is 11.5 Å². The van der Waals surface area contributed by atoms with Crippen molar-refractivity contribution in [2.45, 2.75) is 30.3 Å². The molecule has 0 aliphatic carbocycles. The minimum Gasteiger partial charge on any atom is -0.493 e. The molecule has 3 aromatic rings. The van der Waals surface area contributed by atoms with Crippen molar-refractivity contribution in [2.75, 3.05) is 31.7 Å². The second-order valence-corrected chi connectivity index (χ2v) is 8.37. The zero-order chi connectivity index (χ0) is 25.1. The van der Waals surface area contributed by atoms with Gasteiger partial charge in [-0.15, -0.1) is 0 Å². The Bertz CT molecular complexity index is 1080. The summed E-state index contributed by atoms with van der Waals surface area (Å²) in [4.78, 5) is 4.77. The number of pyridine rings is 1. The Morgan fingerprint density at radius 3 is 2.66 bits per heavy atom. The molecule has 0 spiro atoms. The van der Waals surface area contributed by atoms with Crippen molar-refractivity contribution in [1.82, 2.24) is 4.98 Å². The minimum atomic E-state index is -4.33. The Kier molecular flexibility index (Phi) is 10.0. The van der Waals surface area contributed by atoms with Gasteiger partial charge in [0.2, 0.25) is 5.95 Å². The first-order valence-corrected chi connectivity index (χ1v) is 11.8. The first-order chi connectivity index (χ1) is 16.8. The highest BCUT2D eigenvalue weighted by molar-refractivity contribution is 8.00. The molecule has 35 heavy (non-hydrogen) atoms. The van der Waals surface area contributed by atoms with E-state index in [1.807, 2.05) is 12.1 Å². The van der Waals surface area contributed by atoms with Crippen LogP contribution in [0.15, 0.2) is 65.6 Å². The number of hydrogen-bond acceptors (Lipinski definition) is 6. The molecule has 0 saturated carbocycles. The van der Waals surface area contributed by atoms with Gasteiger partial charge in [-0.3, -0.25) is 0 Å². The predicted octanol–water partition coefficient (Wildman–Crippen LogP) is 6.79. The molecule has 1 aliphatic heterocycles. The van der Waals surface area contributed by atoms with Crippen molar-refractivity contribution in [3.05, 3.63) is 77.7 Å². The third-order valence-corrected chi connectivity index (χ3v) is 5.60. The first kappa shape index (κ1) is 26.6. The van der Waals surface area contributed by atoms with Crippen LogP contribution in [-0.2, 0) is 17.3 Å². The first-order valence-electron chi connectivity index (χ1n) is 11.0. The van der Waals surface area contributed by atoms with Crippen molar-refractivity contribution in [2.24, 2.45) is 0 Å². The molecule has 0 bridgehead atoms. The number of nitrogens with zero attached hydrogens (tertiary/aromatic N) is 1. The van der Waals surface area contributed by atoms with Crippen molar-refractivity contribution < 1.29 is 31.8 Å². The van der Waals surface area contributed by atoms with E-state index in [0.717, 1.165) is 42.2 Å². The van der Waals surface area contributed by atoms with Gasteiger partial charge in [-0.1, -0.05) is 18.2 Å². The summed E-state index contributed by atoms with van der Waals surface area (Å²) in [6, 6.07) is 15.6. The molecule has 2 heterocycles. The molecule has 0 amide bonds. The maximum Gasteiger partial charge on any atom is 0.416 e. The van der Waals surface area contributed by atoms with Gasteiger partial charge in [-0.2, -0.15) is 17.6 Å². The molecule has 5 nitrogen and oxygen atoms in total. The highest BCUT2D eigenvalue weighted by Crippen LogP contribution is 2.32. The Balaban J connectivity index is 0.000000199. The molecular formula is C25H26F4N2O3S. The Labute approximate surface area is 205 Å². The molecule has 0 fully saturated rings. The maximum absolute atomic E-state index is 12.9. The summed E-state index contributed by atoms with van der Waals surface area (Å²) in [5.74, 6) is 1.19. The third kappa shape index (κ3) is 8.95. The number of alkyl halides is 3. The van der Waals surface area contributed by atoms with Crippen molar-refractivity contribution in [3.63, 3.8) is 0 Å². The Morgan fingerprint density at radius 2 is 1.89 bits per heavy atom. The van der Waals surface area contributed by atoms with Crippen LogP contribution in [0.3, 0.4) is 0 Å². The molecule has 1 aromatic heterocycles. The van der Waals surface area contributed by atoms with E-state index in [1.165, 1.54) is 35.7 Å². The minimum absolute atomic E-state index is 0.228. The summed E-state index contributed by atoms with van der Waals surface area (Å²) < 4.78 is 68.5. The number of benzene rings is 2. The van der Waals surface area contributed by atoms with Crippen LogP contribution in [0.25, 0.3) is 0 Å². The van der Waals surface area contributed by atoms with Gasteiger partial charge >= 0.3 is 6.18 Å². The molecular weight excluding hydrogens is 484 g/mol. The number of nitrogens with one attached hydrogen (secondary N) is 1. The quantitative estimate of drug-likeness (QED) is 0.156. The Hall–Kier alpha value is -2.98. The van der Waals surface area contributed by atoms with Crippen molar-refractivity contribution in [3.8, 4) is 11.5 Å². The monoisotopic (exact) mass is 510 g/mol. The van der Waals surface area contributed by atoms with Crippen LogP contribution in [0.4, 0.5) is 23.4 Å². The lowest BCUT2D eigenvalue weighted by atomic mass is 10.1. The standard InChI is InChI=1S/C14H13FN2OS.C11H13F3O2/c15-13-4-1-5-14(16-13)17-19-11-7-6-10-3-2-8-18-12(10)9-11;1-15-6-3-7-16-10-5-2-4-9(8-10)11(12,13)14/h1,4-7,9H,2-3,8H2,(H,16,17);2,4-5,8H,3,6-7H2,1H3. The normalized spacial score (nSPS) is 12.6. The van der Waals surface area contributed by atoms with E-state index in [9.17, 15) is 17.6 Å². The second kappa shape index (κ2) is 13.2. The fourth-order valence-corrected chi connectivity index (χ4v) is 3.75. The van der Waals surface area contributed by atoms with Crippen molar-refractivity contribution in [1.29, 1.82) is 0 Å². The van der Waals surface area contributed by atoms with Crippen LogP contribution >= 0.6 is 11.9 Å². The van der Waals surface area contributed by atoms with Crippen LogP contribution in [0, 0.1) is 5.95 Å². The number of hydrogen-bond donors (Lipinski definition) is 1. The van der Waals surface area contributed by atoms with E-state index in [1.54, 1.807) is 19.2 Å². The Morgan fingerprint density at radius 1 is 1.06 bits per heavy atom. The van der Waals surface area contributed by atoms with E-state index in [4.69, 9.17) is 14.2 Å². The zero-order valence-electron chi connectivity index (χ0n) is 19.1. The van der Waals surface area contributed by atoms with Crippen LogP contribution in [0.1, 0.15) is 24.0 Å². The maximum atomic E-state index is 12.9. The van der Waals surface area contributed by atoms with Gasteiger partial charge in [0.05, 0.1) is 18.8 Å². The van der Waals surface area contributed by atoms with E-state index in [-0.39, 0.29) is 5.75 Å². The average molecular weight is 511 g/mol. The van der Waals surface area contributed by atoms with E-state index in [2.05, 4.69) is 15.8 Å². The number of halogens is 4.